The van der Waals surface area contributed by atoms with Crippen molar-refractivity contribution in [2.24, 2.45) is 0 Å². The Kier molecular flexibility index (Phi) is 5.25. The number of halogens is 2. The van der Waals surface area contributed by atoms with Crippen molar-refractivity contribution in [2.75, 3.05) is 6.61 Å². The molecule has 1 fully saturated rings. The van der Waals surface area contributed by atoms with Crippen molar-refractivity contribution in [2.45, 2.75) is 25.3 Å². The zero-order valence-electron chi connectivity index (χ0n) is 13.5. The summed E-state index contributed by atoms with van der Waals surface area (Å²) in [6.07, 6.45) is -0.480. The average molecular weight is 379 g/mol. The number of nitrogens with zero attached hydrogens (tertiary/aromatic N) is 2. The van der Waals surface area contributed by atoms with E-state index in [4.69, 9.17) is 27.9 Å². The van der Waals surface area contributed by atoms with Crippen LogP contribution >= 0.6 is 23.2 Å². The molecule has 7 heteroatoms. The summed E-state index contributed by atoms with van der Waals surface area (Å²) in [4.78, 5) is 29.9. The molecule has 1 aromatic carbocycles. The van der Waals surface area contributed by atoms with E-state index in [1.807, 2.05) is 37.3 Å². The van der Waals surface area contributed by atoms with Crippen LogP contribution in [0.5, 0.6) is 0 Å². The molecule has 2 unspecified atom stereocenters. The number of rotatable bonds is 4. The highest BCUT2D eigenvalue weighted by Gasteiger charge is 2.39. The van der Waals surface area contributed by atoms with Crippen LogP contribution in [-0.2, 0) is 9.53 Å². The van der Waals surface area contributed by atoms with Gasteiger partial charge in [-0.3, -0.25) is 4.79 Å². The molecule has 3 rings (SSSR count). The number of ether oxygens (including phenoxy) is 1. The van der Waals surface area contributed by atoms with E-state index in [2.05, 4.69) is 4.98 Å². The molecule has 5 nitrogen and oxygen atoms in total. The Morgan fingerprint density at radius 1 is 1.28 bits per heavy atom. The number of carbonyl (C=O) groups is 2. The molecule has 25 heavy (non-hydrogen) atoms. The summed E-state index contributed by atoms with van der Waals surface area (Å²) in [5.74, 6) is -0.469. The highest BCUT2D eigenvalue weighted by Crippen LogP contribution is 2.31. The highest BCUT2D eigenvalue weighted by atomic mass is 35.5. The molecule has 2 heterocycles. The monoisotopic (exact) mass is 378 g/mol. The standard InChI is InChI=1S/C18H16Cl2N2O3/c1-11(13-8-15(19)21-16(20)9-13)7-17(23)22-14(10-25-18(22)24)12-5-3-2-4-6-12/h2-6,8-9,11,14H,7,10H2,1H3. The van der Waals surface area contributed by atoms with Crippen molar-refractivity contribution >= 4 is 35.2 Å². The molecular formula is C18H16Cl2N2O3. The third-order valence-corrected chi connectivity index (χ3v) is 4.55. The number of carbonyl (C=O) groups excluding carboxylic acids is 2. The molecule has 0 radical (unpaired) electrons. The predicted octanol–water partition coefficient (Wildman–Crippen LogP) is 4.60. The Bertz CT molecular complexity index is 778. The first-order valence-corrected chi connectivity index (χ1v) is 8.58. The summed E-state index contributed by atoms with van der Waals surface area (Å²) >= 11 is 11.8. The Balaban J connectivity index is 1.78. The van der Waals surface area contributed by atoms with Gasteiger partial charge in [-0.15, -0.1) is 0 Å². The van der Waals surface area contributed by atoms with Crippen molar-refractivity contribution in [3.8, 4) is 0 Å². The van der Waals surface area contributed by atoms with Gasteiger partial charge in [0.05, 0.1) is 0 Å². The highest BCUT2D eigenvalue weighted by molar-refractivity contribution is 6.32. The third-order valence-electron chi connectivity index (χ3n) is 4.16. The molecule has 0 saturated carbocycles. The lowest BCUT2D eigenvalue weighted by atomic mass is 9.97. The van der Waals surface area contributed by atoms with E-state index < -0.39 is 12.1 Å². The van der Waals surface area contributed by atoms with Crippen LogP contribution in [0.2, 0.25) is 10.3 Å². The fourth-order valence-electron chi connectivity index (χ4n) is 2.86. The molecular weight excluding hydrogens is 363 g/mol. The average Bonchev–Trinajstić information content (AvgIpc) is 2.96. The lowest BCUT2D eigenvalue weighted by Crippen LogP contribution is -2.34. The zero-order chi connectivity index (χ0) is 18.0. The third kappa shape index (κ3) is 3.94. The Labute approximate surface area is 155 Å². The van der Waals surface area contributed by atoms with Gasteiger partial charge in [0.15, 0.2) is 0 Å². The summed E-state index contributed by atoms with van der Waals surface area (Å²) < 4.78 is 5.09. The summed E-state index contributed by atoms with van der Waals surface area (Å²) in [7, 11) is 0. The lowest BCUT2D eigenvalue weighted by Gasteiger charge is -2.22. The predicted molar refractivity (Wildman–Crippen MR) is 94.7 cm³/mol. The molecule has 0 N–H and O–H groups in total. The quantitative estimate of drug-likeness (QED) is 0.729. The van der Waals surface area contributed by atoms with Gasteiger partial charge in [0.2, 0.25) is 5.91 Å². The summed E-state index contributed by atoms with van der Waals surface area (Å²) in [5, 5.41) is 0.536. The van der Waals surface area contributed by atoms with Crippen molar-refractivity contribution in [1.82, 2.24) is 9.88 Å². The number of imide groups is 1. The topological polar surface area (TPSA) is 59.5 Å². The van der Waals surface area contributed by atoms with Crippen LogP contribution in [0, 0.1) is 0 Å². The second-order valence-corrected chi connectivity index (χ2v) is 6.69. The maximum absolute atomic E-state index is 12.7. The van der Waals surface area contributed by atoms with Crippen LogP contribution in [-0.4, -0.2) is 28.5 Å². The van der Waals surface area contributed by atoms with Crippen LogP contribution in [0.15, 0.2) is 42.5 Å². The van der Waals surface area contributed by atoms with Crippen molar-refractivity contribution in [3.63, 3.8) is 0 Å². The minimum Gasteiger partial charge on any atom is -0.446 e. The van der Waals surface area contributed by atoms with Crippen molar-refractivity contribution in [1.29, 1.82) is 0 Å². The van der Waals surface area contributed by atoms with Gasteiger partial charge in [-0.05, 0) is 29.2 Å². The molecule has 1 aliphatic heterocycles. The molecule has 130 valence electrons. The Morgan fingerprint density at radius 3 is 2.56 bits per heavy atom. The van der Waals surface area contributed by atoms with Gasteiger partial charge in [-0.2, -0.15) is 0 Å². The van der Waals surface area contributed by atoms with Gasteiger partial charge in [0.1, 0.15) is 23.0 Å². The van der Waals surface area contributed by atoms with Gasteiger partial charge in [-0.1, -0.05) is 60.5 Å². The van der Waals surface area contributed by atoms with Gasteiger partial charge in [-0.25, -0.2) is 14.7 Å². The summed E-state index contributed by atoms with van der Waals surface area (Å²) in [5.41, 5.74) is 1.66. The number of hydrogen-bond donors (Lipinski definition) is 0. The number of aromatic nitrogens is 1. The fraction of sp³-hybridized carbons (Fsp3) is 0.278. The SMILES string of the molecule is CC(CC(=O)N1C(=O)OCC1c1ccccc1)c1cc(Cl)nc(Cl)c1. The molecule has 2 aromatic rings. The van der Waals surface area contributed by atoms with Gasteiger partial charge < -0.3 is 4.74 Å². The first-order chi connectivity index (χ1) is 12.0. The largest absolute Gasteiger partial charge is 0.446 e. The van der Waals surface area contributed by atoms with E-state index >= 15 is 0 Å². The normalized spacial score (nSPS) is 18.1. The summed E-state index contributed by atoms with van der Waals surface area (Å²) in [6.45, 7) is 2.04. The van der Waals surface area contributed by atoms with E-state index in [0.29, 0.717) is 0 Å². The van der Waals surface area contributed by atoms with E-state index in [-0.39, 0.29) is 35.2 Å². The fourth-order valence-corrected chi connectivity index (χ4v) is 3.34. The van der Waals surface area contributed by atoms with E-state index in [1.54, 1.807) is 12.1 Å². The number of benzene rings is 1. The maximum Gasteiger partial charge on any atom is 0.417 e. The van der Waals surface area contributed by atoms with Crippen LogP contribution < -0.4 is 0 Å². The first-order valence-electron chi connectivity index (χ1n) is 7.82. The summed E-state index contributed by atoms with van der Waals surface area (Å²) in [6, 6.07) is 12.3. The van der Waals surface area contributed by atoms with Crippen LogP contribution in [0.1, 0.15) is 36.4 Å². The van der Waals surface area contributed by atoms with Gasteiger partial charge in [0, 0.05) is 6.42 Å². The molecule has 2 amide bonds. The first kappa shape index (κ1) is 17.7. The molecule has 1 saturated heterocycles. The van der Waals surface area contributed by atoms with Crippen molar-refractivity contribution < 1.29 is 14.3 Å². The minimum atomic E-state index is -0.614. The second kappa shape index (κ2) is 7.42. The van der Waals surface area contributed by atoms with E-state index in [9.17, 15) is 9.59 Å². The molecule has 1 aliphatic rings. The lowest BCUT2D eigenvalue weighted by molar-refractivity contribution is -0.129. The maximum atomic E-state index is 12.7. The molecule has 0 spiro atoms. The van der Waals surface area contributed by atoms with E-state index in [0.717, 1.165) is 11.1 Å². The number of cyclic esters (lactones) is 1. The van der Waals surface area contributed by atoms with Crippen molar-refractivity contribution in [3.05, 3.63) is 63.9 Å². The zero-order valence-corrected chi connectivity index (χ0v) is 15.0. The molecule has 0 aliphatic carbocycles. The molecule has 1 aromatic heterocycles. The number of hydrogen-bond acceptors (Lipinski definition) is 4. The van der Waals surface area contributed by atoms with Crippen LogP contribution in [0.4, 0.5) is 4.79 Å². The Morgan fingerprint density at radius 2 is 1.92 bits per heavy atom. The second-order valence-electron chi connectivity index (χ2n) is 5.92. The Hall–Kier alpha value is -2.11. The molecule has 2 atom stereocenters. The smallest absolute Gasteiger partial charge is 0.417 e. The van der Waals surface area contributed by atoms with Gasteiger partial charge in [0.25, 0.3) is 0 Å². The van der Waals surface area contributed by atoms with E-state index in [1.165, 1.54) is 4.90 Å². The molecule has 0 bridgehead atoms. The minimum absolute atomic E-state index is 0.134. The number of pyridine rings is 1. The number of amides is 2. The van der Waals surface area contributed by atoms with Gasteiger partial charge >= 0.3 is 6.09 Å². The van der Waals surface area contributed by atoms with Crippen LogP contribution in [0.25, 0.3) is 0 Å². The van der Waals surface area contributed by atoms with Crippen LogP contribution in [0.3, 0.4) is 0 Å².